The van der Waals surface area contributed by atoms with Gasteiger partial charge >= 0.3 is 0 Å². The number of anilines is 1. The summed E-state index contributed by atoms with van der Waals surface area (Å²) in [5.74, 6) is -0.170. The zero-order chi connectivity index (χ0) is 16.7. The number of nitrogens with zero attached hydrogens (tertiary/aromatic N) is 1. The number of hydrogen-bond acceptors (Lipinski definition) is 4. The highest BCUT2D eigenvalue weighted by Crippen LogP contribution is 2.23. The normalized spacial score (nSPS) is 10.1. The van der Waals surface area contributed by atoms with E-state index < -0.39 is 4.92 Å². The van der Waals surface area contributed by atoms with Crippen LogP contribution in [0.2, 0.25) is 0 Å². The van der Waals surface area contributed by atoms with Crippen molar-refractivity contribution in [1.82, 2.24) is 5.32 Å². The Hall–Kier alpha value is -2.89. The molecule has 0 spiro atoms. The molecule has 0 bridgehead atoms. The molecule has 0 aliphatic heterocycles. The Kier molecular flexibility index (Phi) is 5.68. The molecular formula is C17H19N3O3. The quantitative estimate of drug-likeness (QED) is 0.608. The van der Waals surface area contributed by atoms with Gasteiger partial charge in [0.15, 0.2) is 0 Å². The van der Waals surface area contributed by atoms with Gasteiger partial charge < -0.3 is 10.6 Å². The van der Waals surface area contributed by atoms with Gasteiger partial charge in [-0.05, 0) is 18.1 Å². The van der Waals surface area contributed by atoms with Crippen LogP contribution in [0.5, 0.6) is 0 Å². The molecule has 120 valence electrons. The van der Waals surface area contributed by atoms with Gasteiger partial charge in [-0.2, -0.15) is 0 Å². The van der Waals surface area contributed by atoms with Crippen LogP contribution >= 0.6 is 0 Å². The molecule has 6 nitrogen and oxygen atoms in total. The highest BCUT2D eigenvalue weighted by molar-refractivity contribution is 5.80. The first-order valence-electron chi connectivity index (χ1n) is 7.42. The monoisotopic (exact) mass is 313 g/mol. The second kappa shape index (κ2) is 7.93. The van der Waals surface area contributed by atoms with Crippen molar-refractivity contribution in [1.29, 1.82) is 0 Å². The van der Waals surface area contributed by atoms with Crippen molar-refractivity contribution in [2.45, 2.75) is 19.9 Å². The van der Waals surface area contributed by atoms with Gasteiger partial charge in [-0.15, -0.1) is 0 Å². The average molecular weight is 313 g/mol. The number of nitrogens with one attached hydrogen (secondary N) is 2. The number of carbonyl (C=O) groups excluding carboxylic acids is 1. The van der Waals surface area contributed by atoms with Crippen LogP contribution in [0.3, 0.4) is 0 Å². The fraction of sp³-hybridized carbons (Fsp3) is 0.235. The number of carbonyl (C=O) groups is 1. The van der Waals surface area contributed by atoms with Gasteiger partial charge in [0.05, 0.1) is 11.5 Å². The summed E-state index contributed by atoms with van der Waals surface area (Å²) < 4.78 is 0. The molecule has 0 aromatic heterocycles. The topological polar surface area (TPSA) is 84.3 Å². The standard InChI is InChI=1S/C17H19N3O3/c1-2-14-8-9-15(10-16(14)20(22)23)18-12-17(21)19-11-13-6-4-3-5-7-13/h3-10,18H,2,11-12H2,1H3,(H,19,21). The van der Waals surface area contributed by atoms with Crippen molar-refractivity contribution < 1.29 is 9.72 Å². The highest BCUT2D eigenvalue weighted by atomic mass is 16.6. The van der Waals surface area contributed by atoms with Gasteiger partial charge in [-0.3, -0.25) is 14.9 Å². The third-order valence-corrected chi connectivity index (χ3v) is 3.45. The van der Waals surface area contributed by atoms with Crippen LogP contribution in [0.15, 0.2) is 48.5 Å². The van der Waals surface area contributed by atoms with Crippen molar-refractivity contribution in [2.24, 2.45) is 0 Å². The van der Waals surface area contributed by atoms with Crippen LogP contribution in [0, 0.1) is 10.1 Å². The molecule has 0 saturated carbocycles. The summed E-state index contributed by atoms with van der Waals surface area (Å²) in [6.45, 7) is 2.39. The largest absolute Gasteiger partial charge is 0.376 e. The minimum absolute atomic E-state index is 0.0649. The summed E-state index contributed by atoms with van der Waals surface area (Å²) in [5, 5.41) is 16.7. The second-order valence-corrected chi connectivity index (χ2v) is 5.07. The molecule has 0 saturated heterocycles. The Morgan fingerprint density at radius 1 is 1.17 bits per heavy atom. The Morgan fingerprint density at radius 3 is 2.57 bits per heavy atom. The molecule has 0 aliphatic rings. The van der Waals surface area contributed by atoms with Gasteiger partial charge in [0.2, 0.25) is 5.91 Å². The molecule has 1 amide bonds. The molecule has 2 aromatic carbocycles. The van der Waals surface area contributed by atoms with E-state index in [1.165, 1.54) is 6.07 Å². The Balaban J connectivity index is 1.89. The summed E-state index contributed by atoms with van der Waals surface area (Å²) in [7, 11) is 0. The van der Waals surface area contributed by atoms with Crippen molar-refractivity contribution in [3.63, 3.8) is 0 Å². The van der Waals surface area contributed by atoms with Crippen molar-refractivity contribution in [2.75, 3.05) is 11.9 Å². The predicted molar refractivity (Wildman–Crippen MR) is 89.3 cm³/mol. The van der Waals surface area contributed by atoms with Crippen molar-refractivity contribution >= 4 is 17.3 Å². The summed E-state index contributed by atoms with van der Waals surface area (Å²) in [5.41, 5.74) is 2.32. The molecule has 2 rings (SSSR count). The molecule has 0 radical (unpaired) electrons. The smallest absolute Gasteiger partial charge is 0.274 e. The van der Waals surface area contributed by atoms with Crippen LogP contribution in [0.4, 0.5) is 11.4 Å². The maximum Gasteiger partial charge on any atom is 0.274 e. The summed E-state index contributed by atoms with van der Waals surface area (Å²) >= 11 is 0. The van der Waals surface area contributed by atoms with Crippen LogP contribution in [-0.2, 0) is 17.8 Å². The van der Waals surface area contributed by atoms with Crippen molar-refractivity contribution in [3.8, 4) is 0 Å². The van der Waals surface area contributed by atoms with E-state index >= 15 is 0 Å². The van der Waals surface area contributed by atoms with E-state index in [9.17, 15) is 14.9 Å². The zero-order valence-corrected chi connectivity index (χ0v) is 12.9. The van der Waals surface area contributed by atoms with Gasteiger partial charge in [0.1, 0.15) is 0 Å². The van der Waals surface area contributed by atoms with Gasteiger partial charge in [0.25, 0.3) is 5.69 Å². The molecule has 2 N–H and O–H groups in total. The number of aryl methyl sites for hydroxylation is 1. The molecule has 0 aliphatic carbocycles. The first kappa shape index (κ1) is 16.5. The van der Waals surface area contributed by atoms with E-state index in [0.717, 1.165) is 5.56 Å². The Bertz CT molecular complexity index is 687. The first-order valence-corrected chi connectivity index (χ1v) is 7.42. The lowest BCUT2D eigenvalue weighted by atomic mass is 10.1. The number of nitro benzene ring substituents is 1. The van der Waals surface area contributed by atoms with E-state index in [0.29, 0.717) is 24.2 Å². The van der Waals surface area contributed by atoms with Crippen LogP contribution in [-0.4, -0.2) is 17.4 Å². The second-order valence-electron chi connectivity index (χ2n) is 5.07. The molecule has 0 unspecified atom stereocenters. The number of amides is 1. The van der Waals surface area contributed by atoms with Crippen LogP contribution in [0.25, 0.3) is 0 Å². The summed E-state index contributed by atoms with van der Waals surface area (Å²) in [6, 6.07) is 14.5. The summed E-state index contributed by atoms with van der Waals surface area (Å²) in [6.07, 6.45) is 0.591. The SMILES string of the molecule is CCc1ccc(NCC(=O)NCc2ccccc2)cc1[N+](=O)[O-]. The lowest BCUT2D eigenvalue weighted by Crippen LogP contribution is -2.29. The van der Waals surface area contributed by atoms with E-state index in [4.69, 9.17) is 0 Å². The highest BCUT2D eigenvalue weighted by Gasteiger charge is 2.13. The Morgan fingerprint density at radius 2 is 1.91 bits per heavy atom. The minimum atomic E-state index is -0.403. The maximum absolute atomic E-state index is 11.8. The number of rotatable bonds is 7. The third-order valence-electron chi connectivity index (χ3n) is 3.45. The first-order chi connectivity index (χ1) is 11.1. The maximum atomic E-state index is 11.8. The van der Waals surface area contributed by atoms with E-state index in [1.54, 1.807) is 12.1 Å². The zero-order valence-electron chi connectivity index (χ0n) is 12.9. The van der Waals surface area contributed by atoms with Gasteiger partial charge in [0, 0.05) is 23.9 Å². The van der Waals surface area contributed by atoms with E-state index in [1.807, 2.05) is 37.3 Å². The molecule has 6 heteroatoms. The lowest BCUT2D eigenvalue weighted by Gasteiger charge is -2.09. The lowest BCUT2D eigenvalue weighted by molar-refractivity contribution is -0.385. The molecule has 0 heterocycles. The molecule has 0 fully saturated rings. The Labute approximate surface area is 134 Å². The van der Waals surface area contributed by atoms with Crippen LogP contribution in [0.1, 0.15) is 18.1 Å². The number of hydrogen-bond donors (Lipinski definition) is 2. The van der Waals surface area contributed by atoms with Crippen LogP contribution < -0.4 is 10.6 Å². The predicted octanol–water partition coefficient (Wildman–Crippen LogP) is 2.89. The molecule has 23 heavy (non-hydrogen) atoms. The number of nitro groups is 1. The fourth-order valence-electron chi connectivity index (χ4n) is 2.18. The fourth-order valence-corrected chi connectivity index (χ4v) is 2.18. The van der Waals surface area contributed by atoms with E-state index in [2.05, 4.69) is 10.6 Å². The summed E-state index contributed by atoms with van der Waals surface area (Å²) in [4.78, 5) is 22.4. The third kappa shape index (κ3) is 4.81. The van der Waals surface area contributed by atoms with E-state index in [-0.39, 0.29) is 18.1 Å². The van der Waals surface area contributed by atoms with Gasteiger partial charge in [-0.25, -0.2) is 0 Å². The number of benzene rings is 2. The average Bonchev–Trinajstić information content (AvgIpc) is 2.58. The minimum Gasteiger partial charge on any atom is -0.376 e. The molecule has 2 aromatic rings. The van der Waals surface area contributed by atoms with Gasteiger partial charge in [-0.1, -0.05) is 43.3 Å². The molecule has 0 atom stereocenters. The molecular weight excluding hydrogens is 294 g/mol. The van der Waals surface area contributed by atoms with Crippen molar-refractivity contribution in [3.05, 3.63) is 69.8 Å².